The van der Waals surface area contributed by atoms with Crippen LogP contribution in [0.15, 0.2) is 65.7 Å². The van der Waals surface area contributed by atoms with E-state index in [4.69, 9.17) is 0 Å². The zero-order valence-electron chi connectivity index (χ0n) is 12.8. The van der Waals surface area contributed by atoms with Crippen LogP contribution >= 0.6 is 0 Å². The fraction of sp³-hybridized carbons (Fsp3) is 0. The molecule has 0 aliphatic heterocycles. The number of para-hydroxylation sites is 1. The summed E-state index contributed by atoms with van der Waals surface area (Å²) in [5, 5.41) is 10.7. The summed E-state index contributed by atoms with van der Waals surface area (Å²) in [5.41, 5.74) is 0.297. The second-order valence-corrected chi connectivity index (χ2v) is 5.06. The Kier molecular flexibility index (Phi) is 3.51. The number of fused-ring (bicyclic) bond motifs is 1. The maximum Gasteiger partial charge on any atom is 0.278 e. The van der Waals surface area contributed by atoms with E-state index in [1.165, 1.54) is 16.6 Å². The summed E-state index contributed by atoms with van der Waals surface area (Å²) in [6.07, 6.45) is 3.24. The van der Waals surface area contributed by atoms with E-state index in [9.17, 15) is 9.59 Å². The molecule has 9 nitrogen and oxygen atoms in total. The molecule has 0 unspecified atom stereocenters. The molecule has 0 saturated carbocycles. The smallest absolute Gasteiger partial charge is 0.278 e. The van der Waals surface area contributed by atoms with E-state index in [-0.39, 0.29) is 17.2 Å². The molecule has 1 amide bonds. The van der Waals surface area contributed by atoms with E-state index in [0.29, 0.717) is 11.5 Å². The van der Waals surface area contributed by atoms with Gasteiger partial charge in [0.05, 0.1) is 5.69 Å². The van der Waals surface area contributed by atoms with Crippen molar-refractivity contribution in [3.8, 4) is 5.69 Å². The van der Waals surface area contributed by atoms with Crippen molar-refractivity contribution in [2.45, 2.75) is 0 Å². The molecule has 1 aromatic carbocycles. The quantitative estimate of drug-likeness (QED) is 0.597. The number of benzene rings is 1. The van der Waals surface area contributed by atoms with Gasteiger partial charge in [-0.3, -0.25) is 14.9 Å². The van der Waals surface area contributed by atoms with E-state index in [0.717, 1.165) is 4.68 Å². The van der Waals surface area contributed by atoms with Gasteiger partial charge in [0.15, 0.2) is 0 Å². The van der Waals surface area contributed by atoms with E-state index in [2.05, 4.69) is 25.5 Å². The first-order valence-corrected chi connectivity index (χ1v) is 7.35. The Labute approximate surface area is 140 Å². The number of anilines is 1. The summed E-state index contributed by atoms with van der Waals surface area (Å²) in [6.45, 7) is 0. The molecule has 0 fully saturated rings. The zero-order chi connectivity index (χ0) is 17.2. The highest BCUT2D eigenvalue weighted by Gasteiger charge is 2.13. The molecule has 0 spiro atoms. The fourth-order valence-electron chi connectivity index (χ4n) is 2.24. The average Bonchev–Trinajstić information content (AvgIpc) is 3.05. The molecule has 1 N–H and O–H groups in total. The van der Waals surface area contributed by atoms with Gasteiger partial charge in [-0.1, -0.05) is 18.2 Å². The van der Waals surface area contributed by atoms with Gasteiger partial charge in [0.2, 0.25) is 0 Å². The van der Waals surface area contributed by atoms with Crippen LogP contribution in [0.2, 0.25) is 0 Å². The van der Waals surface area contributed by atoms with Crippen LogP contribution < -0.4 is 10.9 Å². The number of nitrogens with zero attached hydrogens (tertiary/aromatic N) is 6. The van der Waals surface area contributed by atoms with Crippen molar-refractivity contribution in [1.29, 1.82) is 0 Å². The van der Waals surface area contributed by atoms with Crippen LogP contribution in [-0.2, 0) is 0 Å². The molecule has 0 bridgehead atoms. The molecule has 9 heteroatoms. The van der Waals surface area contributed by atoms with Crippen molar-refractivity contribution in [3.05, 3.63) is 77.0 Å². The molecule has 3 aromatic heterocycles. The van der Waals surface area contributed by atoms with Crippen molar-refractivity contribution in [2.75, 3.05) is 5.32 Å². The van der Waals surface area contributed by atoms with Crippen LogP contribution in [0.4, 0.5) is 5.95 Å². The number of hydrogen-bond donors (Lipinski definition) is 1. The molecule has 4 aromatic rings. The van der Waals surface area contributed by atoms with Crippen molar-refractivity contribution in [3.63, 3.8) is 0 Å². The van der Waals surface area contributed by atoms with Gasteiger partial charge in [-0.25, -0.2) is 9.50 Å². The maximum atomic E-state index is 12.4. The van der Waals surface area contributed by atoms with E-state index in [1.54, 1.807) is 42.7 Å². The van der Waals surface area contributed by atoms with Gasteiger partial charge < -0.3 is 0 Å². The lowest BCUT2D eigenvalue weighted by Crippen LogP contribution is -2.25. The zero-order valence-corrected chi connectivity index (χ0v) is 12.8. The number of hydrogen-bond acceptors (Lipinski definition) is 6. The predicted molar refractivity (Wildman–Crippen MR) is 88.6 cm³/mol. The van der Waals surface area contributed by atoms with E-state index in [1.807, 2.05) is 6.07 Å². The molecule has 4 rings (SSSR count). The van der Waals surface area contributed by atoms with Crippen LogP contribution in [-0.4, -0.2) is 35.3 Å². The molecule has 0 atom stereocenters. The van der Waals surface area contributed by atoms with Gasteiger partial charge >= 0.3 is 0 Å². The second kappa shape index (κ2) is 5.96. The molecular formula is C16H11N7O2. The normalized spacial score (nSPS) is 10.7. The number of rotatable bonds is 3. The third-order valence-electron chi connectivity index (χ3n) is 3.38. The highest BCUT2D eigenvalue weighted by Crippen LogP contribution is 2.06. The lowest BCUT2D eigenvalue weighted by molar-refractivity contribution is 0.101. The number of carbonyl (C=O) groups is 1. The molecule has 3 heterocycles. The molecule has 0 aliphatic carbocycles. The van der Waals surface area contributed by atoms with Gasteiger partial charge in [-0.2, -0.15) is 14.8 Å². The molecule has 25 heavy (non-hydrogen) atoms. The number of carbonyl (C=O) groups excluding carboxylic acids is 1. The van der Waals surface area contributed by atoms with E-state index >= 15 is 0 Å². The summed E-state index contributed by atoms with van der Waals surface area (Å²) in [7, 11) is 0. The number of nitrogens with one attached hydrogen (secondary N) is 1. The molecule has 0 saturated heterocycles. The number of aromatic nitrogens is 6. The predicted octanol–water partition coefficient (Wildman–Crippen LogP) is 0.922. The summed E-state index contributed by atoms with van der Waals surface area (Å²) in [6, 6.07) is 13.2. The Morgan fingerprint density at radius 3 is 2.64 bits per heavy atom. The summed E-state index contributed by atoms with van der Waals surface area (Å²) >= 11 is 0. The molecule has 122 valence electrons. The topological polar surface area (TPSA) is 107 Å². The molecule has 0 aliphatic rings. The third kappa shape index (κ3) is 2.85. The van der Waals surface area contributed by atoms with Crippen molar-refractivity contribution < 1.29 is 4.79 Å². The van der Waals surface area contributed by atoms with Crippen LogP contribution in [0, 0.1) is 0 Å². The monoisotopic (exact) mass is 333 g/mol. The highest BCUT2D eigenvalue weighted by molar-refractivity contribution is 6.01. The van der Waals surface area contributed by atoms with Gasteiger partial charge in [-0.15, -0.1) is 5.10 Å². The Bertz CT molecular complexity index is 1090. The lowest BCUT2D eigenvalue weighted by atomic mass is 10.3. The first-order chi connectivity index (χ1) is 12.2. The maximum absolute atomic E-state index is 12.4. The van der Waals surface area contributed by atoms with E-state index < -0.39 is 5.91 Å². The first-order valence-electron chi connectivity index (χ1n) is 7.35. The Balaban J connectivity index is 1.65. The lowest BCUT2D eigenvalue weighted by Gasteiger charge is -2.06. The standard InChI is InChI=1S/C16H11N7O2/c24-13-8-7-12(20-23(13)11-5-2-1-3-6-11)14(25)18-15-19-16-17-9-4-10-22(16)21-15/h1-10H,(H,18,21,25). The Morgan fingerprint density at radius 1 is 1.00 bits per heavy atom. The third-order valence-corrected chi connectivity index (χ3v) is 3.38. The molecule has 0 radical (unpaired) electrons. The minimum absolute atomic E-state index is 0.0651. The van der Waals surface area contributed by atoms with Crippen LogP contribution in [0.5, 0.6) is 0 Å². The van der Waals surface area contributed by atoms with Gasteiger partial charge in [0, 0.05) is 18.5 Å². The summed E-state index contributed by atoms with van der Waals surface area (Å²) < 4.78 is 2.60. The van der Waals surface area contributed by atoms with Crippen molar-refractivity contribution in [1.82, 2.24) is 29.4 Å². The summed E-state index contributed by atoms with van der Waals surface area (Å²) in [5.74, 6) is -0.0661. The minimum atomic E-state index is -0.527. The highest BCUT2D eigenvalue weighted by atomic mass is 16.2. The van der Waals surface area contributed by atoms with Gasteiger partial charge in [-0.05, 0) is 24.3 Å². The van der Waals surface area contributed by atoms with Gasteiger partial charge in [0.25, 0.3) is 23.2 Å². The first kappa shape index (κ1) is 14.7. The SMILES string of the molecule is O=C(Nc1nc2ncccn2n1)c1ccc(=O)n(-c2ccccc2)n1. The molecular weight excluding hydrogens is 322 g/mol. The summed E-state index contributed by atoms with van der Waals surface area (Å²) in [4.78, 5) is 32.5. The average molecular weight is 333 g/mol. The van der Waals surface area contributed by atoms with Crippen LogP contribution in [0.25, 0.3) is 11.5 Å². The Hall–Kier alpha value is -3.88. The van der Waals surface area contributed by atoms with Crippen LogP contribution in [0.1, 0.15) is 10.5 Å². The fourth-order valence-corrected chi connectivity index (χ4v) is 2.24. The van der Waals surface area contributed by atoms with Gasteiger partial charge in [0.1, 0.15) is 5.69 Å². The van der Waals surface area contributed by atoms with Crippen molar-refractivity contribution in [2.24, 2.45) is 0 Å². The van der Waals surface area contributed by atoms with Crippen molar-refractivity contribution >= 4 is 17.6 Å². The minimum Gasteiger partial charge on any atom is -0.288 e. The largest absolute Gasteiger partial charge is 0.288 e. The second-order valence-electron chi connectivity index (χ2n) is 5.06. The number of amides is 1. The Morgan fingerprint density at radius 2 is 1.84 bits per heavy atom. The van der Waals surface area contributed by atoms with Crippen LogP contribution in [0.3, 0.4) is 0 Å².